The number of amides is 5. The van der Waals surface area contributed by atoms with Gasteiger partial charge in [0.2, 0.25) is 17.7 Å². The number of aliphatic hydroxyl groups is 1. The maximum absolute atomic E-state index is 13.2. The SMILES string of the molecule is CC(C)C(NC(=O)COC1C#CCCCCC1)C(=O)NC(CCCNC(N)=O)C(=O)Nc1ccc(CO)cc1. The highest BCUT2D eigenvalue weighted by Gasteiger charge is 2.29. The van der Waals surface area contributed by atoms with Gasteiger partial charge >= 0.3 is 6.03 Å². The van der Waals surface area contributed by atoms with Crippen molar-refractivity contribution in [3.8, 4) is 11.8 Å². The van der Waals surface area contributed by atoms with Gasteiger partial charge in [-0.1, -0.05) is 38.3 Å². The smallest absolute Gasteiger partial charge is 0.312 e. The Balaban J connectivity index is 2.01. The lowest BCUT2D eigenvalue weighted by atomic mass is 10.0. The van der Waals surface area contributed by atoms with Gasteiger partial charge in [0.25, 0.3) is 0 Å². The molecule has 0 fully saturated rings. The normalized spacial score (nSPS) is 16.5. The molecule has 1 aromatic carbocycles. The lowest BCUT2D eigenvalue weighted by Crippen LogP contribution is -2.55. The van der Waals surface area contributed by atoms with Crippen molar-refractivity contribution in [3.05, 3.63) is 29.8 Å². The fourth-order valence-corrected chi connectivity index (χ4v) is 4.00. The summed E-state index contributed by atoms with van der Waals surface area (Å²) in [6, 6.07) is 4.13. The highest BCUT2D eigenvalue weighted by molar-refractivity contribution is 5.98. The second-order valence-electron chi connectivity index (χ2n) is 9.85. The van der Waals surface area contributed by atoms with Crippen molar-refractivity contribution in [2.45, 2.75) is 83.6 Å². The van der Waals surface area contributed by atoms with Crippen LogP contribution in [0.5, 0.6) is 0 Å². The maximum atomic E-state index is 13.2. The highest BCUT2D eigenvalue weighted by Crippen LogP contribution is 2.13. The molecule has 0 bridgehead atoms. The predicted octanol–water partition coefficient (Wildman–Crippen LogP) is 1.54. The largest absolute Gasteiger partial charge is 0.392 e. The Morgan fingerprint density at radius 3 is 2.49 bits per heavy atom. The highest BCUT2D eigenvalue weighted by atomic mass is 16.5. The van der Waals surface area contributed by atoms with Crippen LogP contribution in [-0.4, -0.2) is 60.2 Å². The summed E-state index contributed by atoms with van der Waals surface area (Å²) in [6.07, 6.45) is 5.01. The Labute approximate surface area is 230 Å². The van der Waals surface area contributed by atoms with Crippen LogP contribution in [0.4, 0.5) is 10.5 Å². The number of nitrogens with one attached hydrogen (secondary N) is 4. The van der Waals surface area contributed by atoms with Gasteiger partial charge < -0.3 is 36.8 Å². The van der Waals surface area contributed by atoms with E-state index in [9.17, 15) is 24.3 Å². The van der Waals surface area contributed by atoms with E-state index >= 15 is 0 Å². The van der Waals surface area contributed by atoms with Crippen LogP contribution in [-0.2, 0) is 25.7 Å². The summed E-state index contributed by atoms with van der Waals surface area (Å²) in [7, 11) is 0. The number of ether oxygens (including phenoxy) is 1. The molecular formula is C28H41N5O6. The first-order chi connectivity index (χ1) is 18.7. The molecule has 0 aliphatic heterocycles. The molecule has 0 aromatic heterocycles. The monoisotopic (exact) mass is 543 g/mol. The summed E-state index contributed by atoms with van der Waals surface area (Å²) in [5.74, 6) is 4.45. The van der Waals surface area contributed by atoms with Crippen LogP contribution < -0.4 is 27.0 Å². The van der Waals surface area contributed by atoms with Crippen molar-refractivity contribution in [2.24, 2.45) is 11.7 Å². The first kappa shape index (κ1) is 31.6. The van der Waals surface area contributed by atoms with E-state index in [1.54, 1.807) is 38.1 Å². The zero-order valence-corrected chi connectivity index (χ0v) is 22.8. The fourth-order valence-electron chi connectivity index (χ4n) is 4.00. The van der Waals surface area contributed by atoms with Crippen molar-refractivity contribution in [2.75, 3.05) is 18.5 Å². The second kappa shape index (κ2) is 17.1. The molecule has 0 saturated heterocycles. The van der Waals surface area contributed by atoms with Crippen LogP contribution in [0.2, 0.25) is 0 Å². The molecule has 1 aromatic rings. The Kier molecular flexibility index (Phi) is 13.8. The van der Waals surface area contributed by atoms with Crippen molar-refractivity contribution in [1.29, 1.82) is 0 Å². The summed E-state index contributed by atoms with van der Waals surface area (Å²) in [6.45, 7) is 3.47. The van der Waals surface area contributed by atoms with Gasteiger partial charge in [0.05, 0.1) is 6.61 Å². The number of nitrogens with two attached hydrogens (primary N) is 1. The molecule has 0 heterocycles. The summed E-state index contributed by atoms with van der Waals surface area (Å²) < 4.78 is 5.69. The van der Waals surface area contributed by atoms with Crippen LogP contribution >= 0.6 is 0 Å². The van der Waals surface area contributed by atoms with E-state index in [1.165, 1.54) is 0 Å². The third-order valence-corrected chi connectivity index (χ3v) is 6.22. The first-order valence-electron chi connectivity index (χ1n) is 13.4. The van der Waals surface area contributed by atoms with E-state index in [-0.39, 0.29) is 38.2 Å². The van der Waals surface area contributed by atoms with Crippen molar-refractivity contribution in [3.63, 3.8) is 0 Å². The molecule has 3 unspecified atom stereocenters. The molecule has 5 amide bonds. The Bertz CT molecular complexity index is 1020. The van der Waals surface area contributed by atoms with Gasteiger partial charge in [0.15, 0.2) is 0 Å². The number of anilines is 1. The van der Waals surface area contributed by atoms with Gasteiger partial charge in [-0.05, 0) is 55.7 Å². The predicted molar refractivity (Wildman–Crippen MR) is 147 cm³/mol. The molecule has 11 nitrogen and oxygen atoms in total. The molecule has 214 valence electrons. The van der Waals surface area contributed by atoms with E-state index < -0.39 is 35.8 Å². The van der Waals surface area contributed by atoms with Gasteiger partial charge in [-0.25, -0.2) is 4.79 Å². The number of carbonyl (C=O) groups is 4. The lowest BCUT2D eigenvalue weighted by molar-refractivity contribution is -0.134. The fraction of sp³-hybridized carbons (Fsp3) is 0.571. The molecule has 2 rings (SSSR count). The number of urea groups is 1. The molecule has 0 saturated carbocycles. The minimum Gasteiger partial charge on any atom is -0.392 e. The Morgan fingerprint density at radius 1 is 1.08 bits per heavy atom. The third-order valence-electron chi connectivity index (χ3n) is 6.22. The van der Waals surface area contributed by atoms with Crippen molar-refractivity contribution >= 4 is 29.4 Å². The molecule has 3 atom stereocenters. The van der Waals surface area contributed by atoms with Crippen LogP contribution in [0.15, 0.2) is 24.3 Å². The average molecular weight is 544 g/mol. The van der Waals surface area contributed by atoms with Crippen LogP contribution in [0.25, 0.3) is 0 Å². The van der Waals surface area contributed by atoms with E-state index in [2.05, 4.69) is 33.1 Å². The minimum absolute atomic E-state index is 0.124. The van der Waals surface area contributed by atoms with Gasteiger partial charge in [0, 0.05) is 18.7 Å². The van der Waals surface area contributed by atoms with Crippen LogP contribution in [0.3, 0.4) is 0 Å². The number of carbonyl (C=O) groups excluding carboxylic acids is 4. The number of hydrogen-bond donors (Lipinski definition) is 6. The van der Waals surface area contributed by atoms with E-state index in [1.807, 2.05) is 0 Å². The average Bonchev–Trinajstić information content (AvgIpc) is 2.88. The van der Waals surface area contributed by atoms with Gasteiger partial charge in [-0.3, -0.25) is 14.4 Å². The van der Waals surface area contributed by atoms with Crippen LogP contribution in [0, 0.1) is 17.8 Å². The molecule has 7 N–H and O–H groups in total. The second-order valence-corrected chi connectivity index (χ2v) is 9.85. The van der Waals surface area contributed by atoms with Gasteiger partial charge in [-0.15, -0.1) is 5.92 Å². The third kappa shape index (κ3) is 12.2. The van der Waals surface area contributed by atoms with E-state index in [4.69, 9.17) is 10.5 Å². The molecular weight excluding hydrogens is 502 g/mol. The lowest BCUT2D eigenvalue weighted by Gasteiger charge is -2.25. The summed E-state index contributed by atoms with van der Waals surface area (Å²) in [5, 5.41) is 19.9. The standard InChI is InChI=1S/C28H41N5O6/c1-19(2)25(33-24(35)18-39-22-9-6-4-3-5-7-10-22)27(37)32-23(11-8-16-30-28(29)38)26(36)31-21-14-12-20(17-34)13-15-21/h12-15,19,22-23,25,34H,3-6,8-9,11,16-18H2,1-2H3,(H,31,36)(H,32,37)(H,33,35)(H3,29,30,38). The minimum atomic E-state index is -0.940. The Hall–Kier alpha value is -3.62. The van der Waals surface area contributed by atoms with E-state index in [0.29, 0.717) is 17.7 Å². The zero-order valence-electron chi connectivity index (χ0n) is 22.8. The summed E-state index contributed by atoms with van der Waals surface area (Å²) in [4.78, 5) is 49.9. The van der Waals surface area contributed by atoms with Crippen LogP contribution in [0.1, 0.15) is 64.4 Å². The number of hydrogen-bond acceptors (Lipinski definition) is 6. The van der Waals surface area contributed by atoms with Gasteiger partial charge in [-0.2, -0.15) is 0 Å². The zero-order chi connectivity index (χ0) is 28.6. The quantitative estimate of drug-likeness (QED) is 0.153. The van der Waals surface area contributed by atoms with E-state index in [0.717, 1.165) is 32.1 Å². The number of aliphatic hydroxyl groups excluding tert-OH is 1. The number of benzene rings is 1. The molecule has 1 aliphatic carbocycles. The molecule has 0 spiro atoms. The topological polar surface area (TPSA) is 172 Å². The maximum Gasteiger partial charge on any atom is 0.312 e. The molecule has 1 aliphatic rings. The molecule has 11 heteroatoms. The summed E-state index contributed by atoms with van der Waals surface area (Å²) >= 11 is 0. The van der Waals surface area contributed by atoms with Gasteiger partial charge in [0.1, 0.15) is 24.8 Å². The molecule has 39 heavy (non-hydrogen) atoms. The van der Waals surface area contributed by atoms with Crippen molar-refractivity contribution < 1.29 is 29.0 Å². The first-order valence-corrected chi connectivity index (χ1v) is 13.4. The number of rotatable bonds is 14. The number of primary amides is 1. The Morgan fingerprint density at radius 2 is 1.82 bits per heavy atom. The molecule has 0 radical (unpaired) electrons. The van der Waals surface area contributed by atoms with Crippen molar-refractivity contribution in [1.82, 2.24) is 16.0 Å². The summed E-state index contributed by atoms with van der Waals surface area (Å²) in [5.41, 5.74) is 6.29.